The molecule has 0 aromatic heterocycles. The minimum absolute atomic E-state index is 0.00799. The van der Waals surface area contributed by atoms with Crippen molar-refractivity contribution in [1.29, 1.82) is 0 Å². The van der Waals surface area contributed by atoms with E-state index in [0.29, 0.717) is 62.7 Å². The number of nitrogen functional groups attached to an aromatic ring is 1. The molecule has 0 aliphatic carbocycles. The Labute approximate surface area is 282 Å². The second kappa shape index (κ2) is 14.7. The molecule has 4 aliphatic heterocycles. The van der Waals surface area contributed by atoms with E-state index in [1.165, 1.54) is 12.8 Å². The van der Waals surface area contributed by atoms with Crippen LogP contribution >= 0.6 is 11.6 Å². The Morgan fingerprint density at radius 1 is 0.957 bits per heavy atom. The molecule has 4 aliphatic rings. The molecule has 6 rings (SSSR count). The number of piperidine rings is 2. The van der Waals surface area contributed by atoms with E-state index in [1.807, 2.05) is 47.1 Å². The summed E-state index contributed by atoms with van der Waals surface area (Å²) < 4.78 is 6.06. The average Bonchev–Trinajstić information content (AvgIpc) is 3.09. The van der Waals surface area contributed by atoms with Crippen LogP contribution in [-0.2, 0) is 28.9 Å². The first-order valence-corrected chi connectivity index (χ1v) is 17.5. The Balaban J connectivity index is 1.10. The van der Waals surface area contributed by atoms with Crippen molar-refractivity contribution < 1.29 is 19.1 Å². The summed E-state index contributed by atoms with van der Waals surface area (Å²) in [6.07, 6.45) is 3.07. The lowest BCUT2D eigenvalue weighted by Crippen LogP contribution is -2.58. The first kappa shape index (κ1) is 33.4. The monoisotopic (exact) mass is 665 g/mol. The summed E-state index contributed by atoms with van der Waals surface area (Å²) in [5, 5.41) is 8.23. The zero-order chi connectivity index (χ0) is 33.1. The Hall–Kier alpha value is -3.54. The summed E-state index contributed by atoms with van der Waals surface area (Å²) in [6, 6.07) is 11.4. The molecule has 0 radical (unpaired) electrons. The number of anilines is 2. The van der Waals surface area contributed by atoms with Crippen molar-refractivity contribution in [2.45, 2.75) is 71.1 Å². The van der Waals surface area contributed by atoms with E-state index in [-0.39, 0.29) is 24.4 Å². The van der Waals surface area contributed by atoms with Gasteiger partial charge in [0.1, 0.15) is 0 Å². The molecule has 11 nitrogen and oxygen atoms in total. The summed E-state index contributed by atoms with van der Waals surface area (Å²) in [5.74, 6) is 0.571. The second-order valence-electron chi connectivity index (χ2n) is 13.4. The summed E-state index contributed by atoms with van der Waals surface area (Å²) in [6.45, 7) is 10.5. The van der Waals surface area contributed by atoms with Gasteiger partial charge in [-0.2, -0.15) is 0 Å². The van der Waals surface area contributed by atoms with Crippen LogP contribution in [0.5, 0.6) is 0 Å². The highest BCUT2D eigenvalue weighted by Crippen LogP contribution is 2.29. The molecule has 0 spiro atoms. The fourth-order valence-corrected chi connectivity index (χ4v) is 7.56. The second-order valence-corrected chi connectivity index (χ2v) is 13.8. The standard InChI is InChI=1S/C35H48ClN7O4/c1-3-26-20-25(21-29(36)32(26)37)22-31(33(44)39-16-18-42(19-17-39)41-14-8-24(2)9-15-41)47-35(46)40-12-10-28(11-13-40)43-23-27-6-4-5-7-30(27)38-34(43)45/h4-7,20-21,24,28,31H,3,8-19,22-23,37H2,1-2H3,(H,38,45)/t31-/m1/s1. The summed E-state index contributed by atoms with van der Waals surface area (Å²) >= 11 is 6.47. The molecular formula is C35H48ClN7O4. The van der Waals surface area contributed by atoms with Crippen LogP contribution in [0.1, 0.15) is 56.2 Å². The summed E-state index contributed by atoms with van der Waals surface area (Å²) in [5.41, 5.74) is 10.4. The first-order valence-electron chi connectivity index (χ1n) is 17.2. The molecule has 3 saturated heterocycles. The largest absolute Gasteiger partial charge is 0.436 e. The van der Waals surface area contributed by atoms with Gasteiger partial charge in [-0.25, -0.2) is 19.6 Å². The summed E-state index contributed by atoms with van der Waals surface area (Å²) in [7, 11) is 0. The van der Waals surface area contributed by atoms with E-state index in [2.05, 4.69) is 22.3 Å². The van der Waals surface area contributed by atoms with Crippen LogP contribution in [0.2, 0.25) is 5.02 Å². The number of hydrogen-bond acceptors (Lipinski definition) is 7. The lowest BCUT2D eigenvalue weighted by Gasteiger charge is -2.44. The van der Waals surface area contributed by atoms with Gasteiger partial charge in [0.25, 0.3) is 5.91 Å². The minimum atomic E-state index is -0.989. The molecule has 0 saturated carbocycles. The molecule has 254 valence electrons. The number of ether oxygens (including phenoxy) is 1. The maximum atomic E-state index is 14.0. The number of benzene rings is 2. The number of urea groups is 1. The predicted molar refractivity (Wildman–Crippen MR) is 183 cm³/mol. The van der Waals surface area contributed by atoms with Crippen LogP contribution in [0.15, 0.2) is 36.4 Å². The van der Waals surface area contributed by atoms with Crippen LogP contribution < -0.4 is 11.1 Å². The van der Waals surface area contributed by atoms with Crippen molar-refractivity contribution in [2.24, 2.45) is 5.92 Å². The zero-order valence-electron chi connectivity index (χ0n) is 27.6. The van der Waals surface area contributed by atoms with E-state index < -0.39 is 12.2 Å². The molecule has 0 unspecified atom stereocenters. The van der Waals surface area contributed by atoms with Crippen molar-refractivity contribution in [3.05, 3.63) is 58.1 Å². The number of hydrogen-bond donors (Lipinski definition) is 2. The lowest BCUT2D eigenvalue weighted by molar-refractivity contribution is -0.147. The molecule has 2 aromatic carbocycles. The number of halogens is 1. The number of rotatable bonds is 7. The average molecular weight is 666 g/mol. The van der Waals surface area contributed by atoms with Crippen LogP contribution in [0, 0.1) is 5.92 Å². The highest BCUT2D eigenvalue weighted by atomic mass is 35.5. The van der Waals surface area contributed by atoms with Crippen LogP contribution in [0.3, 0.4) is 0 Å². The third-order valence-corrected chi connectivity index (χ3v) is 10.7. The molecular weight excluding hydrogens is 618 g/mol. The van der Waals surface area contributed by atoms with Crippen molar-refractivity contribution in [2.75, 3.05) is 63.4 Å². The molecule has 1 atom stereocenters. The third kappa shape index (κ3) is 7.63. The van der Waals surface area contributed by atoms with Gasteiger partial charge in [-0.1, -0.05) is 49.7 Å². The molecule has 3 N–H and O–H groups in total. The fraction of sp³-hybridized carbons (Fsp3) is 0.571. The van der Waals surface area contributed by atoms with Crippen LogP contribution in [-0.4, -0.2) is 107 Å². The van der Waals surface area contributed by atoms with Gasteiger partial charge < -0.3 is 30.5 Å². The molecule has 2 aromatic rings. The maximum absolute atomic E-state index is 14.0. The Morgan fingerprint density at radius 2 is 1.64 bits per heavy atom. The molecule has 47 heavy (non-hydrogen) atoms. The number of amides is 4. The van der Waals surface area contributed by atoms with Crippen LogP contribution in [0.25, 0.3) is 0 Å². The zero-order valence-corrected chi connectivity index (χ0v) is 28.4. The SMILES string of the molecule is CCc1cc(C[C@@H](OC(=O)N2CCC(N3Cc4ccccc4NC3=O)CC2)C(=O)N2CCN(N3CCC(C)CC3)CC2)cc(Cl)c1N. The normalized spacial score (nSPS) is 20.9. The molecule has 4 amide bonds. The number of hydrazine groups is 1. The molecule has 12 heteroatoms. The Morgan fingerprint density at radius 3 is 2.34 bits per heavy atom. The minimum Gasteiger partial charge on any atom is -0.436 e. The molecule has 0 bridgehead atoms. The van der Waals surface area contributed by atoms with E-state index in [0.717, 1.165) is 54.5 Å². The number of likely N-dealkylation sites (tertiary alicyclic amines) is 1. The van der Waals surface area contributed by atoms with Crippen LogP contribution in [0.4, 0.5) is 21.0 Å². The number of nitrogens with one attached hydrogen (secondary N) is 1. The number of piperazine rings is 1. The number of nitrogens with two attached hydrogens (primary N) is 1. The number of nitrogens with zero attached hydrogens (tertiary/aromatic N) is 5. The van der Waals surface area contributed by atoms with E-state index in [4.69, 9.17) is 22.1 Å². The van der Waals surface area contributed by atoms with E-state index >= 15 is 0 Å². The van der Waals surface area contributed by atoms with Gasteiger partial charge in [0.2, 0.25) is 0 Å². The van der Waals surface area contributed by atoms with Crippen molar-refractivity contribution in [3.8, 4) is 0 Å². The van der Waals surface area contributed by atoms with Crippen molar-refractivity contribution in [1.82, 2.24) is 24.7 Å². The van der Waals surface area contributed by atoms with E-state index in [1.54, 1.807) is 11.0 Å². The maximum Gasteiger partial charge on any atom is 0.410 e. The van der Waals surface area contributed by atoms with Gasteiger partial charge in [-0.05, 0) is 66.8 Å². The number of carbonyl (C=O) groups is 3. The number of aryl methyl sites for hydroxylation is 1. The number of carbonyl (C=O) groups excluding carboxylic acids is 3. The van der Waals surface area contributed by atoms with Gasteiger partial charge in [0.15, 0.2) is 6.10 Å². The van der Waals surface area contributed by atoms with Gasteiger partial charge in [0, 0.05) is 77.1 Å². The predicted octanol–water partition coefficient (Wildman–Crippen LogP) is 4.84. The number of para-hydroxylation sites is 1. The van der Waals surface area contributed by atoms with Gasteiger partial charge >= 0.3 is 12.1 Å². The topological polar surface area (TPSA) is 115 Å². The third-order valence-electron chi connectivity index (χ3n) is 10.3. The molecule has 3 fully saturated rings. The first-order chi connectivity index (χ1) is 22.7. The number of fused-ring (bicyclic) bond motifs is 1. The van der Waals surface area contributed by atoms with Gasteiger partial charge in [0.05, 0.1) is 10.7 Å². The quantitative estimate of drug-likeness (QED) is 0.407. The van der Waals surface area contributed by atoms with Gasteiger partial charge in [-0.15, -0.1) is 0 Å². The Kier molecular flexibility index (Phi) is 10.4. The highest BCUT2D eigenvalue weighted by Gasteiger charge is 2.36. The van der Waals surface area contributed by atoms with Crippen molar-refractivity contribution >= 4 is 41.0 Å². The Bertz CT molecular complexity index is 1450. The lowest BCUT2D eigenvalue weighted by atomic mass is 10.0. The van der Waals surface area contributed by atoms with Gasteiger partial charge in [-0.3, -0.25) is 4.79 Å². The summed E-state index contributed by atoms with van der Waals surface area (Å²) in [4.78, 5) is 45.9. The fourth-order valence-electron chi connectivity index (χ4n) is 7.30. The molecule has 4 heterocycles. The van der Waals surface area contributed by atoms with Crippen molar-refractivity contribution in [3.63, 3.8) is 0 Å². The highest BCUT2D eigenvalue weighted by molar-refractivity contribution is 6.33. The van der Waals surface area contributed by atoms with E-state index in [9.17, 15) is 14.4 Å². The smallest absolute Gasteiger partial charge is 0.410 e.